The first-order chi connectivity index (χ1) is 35.1. The van der Waals surface area contributed by atoms with Gasteiger partial charge in [0, 0.05) is 23.8 Å². The number of benzene rings is 3. The molecule has 27 nitrogen and oxygen atoms in total. The Kier molecular flexibility index (Phi) is 16.6. The summed E-state index contributed by atoms with van der Waals surface area (Å²) in [5.41, 5.74) is -1.31. The average molecular weight is 1050 g/mol. The van der Waals surface area contributed by atoms with Gasteiger partial charge in [-0.15, -0.1) is 0 Å². The number of aliphatic hydroxyl groups excluding tert-OH is 10. The minimum absolute atomic E-state index is 0.0318. The second kappa shape index (κ2) is 22.6. The maximum Gasteiger partial charge on any atom is 0.331 e. The summed E-state index contributed by atoms with van der Waals surface area (Å²) in [6, 6.07) is 10.6. The Hall–Kier alpha value is -5.80. The van der Waals surface area contributed by atoms with Crippen molar-refractivity contribution in [3.8, 4) is 45.8 Å². The van der Waals surface area contributed by atoms with Crippen molar-refractivity contribution in [1.29, 1.82) is 0 Å². The van der Waals surface area contributed by atoms with E-state index < -0.39 is 193 Å². The Morgan fingerprint density at radius 1 is 0.649 bits per heavy atom. The van der Waals surface area contributed by atoms with Crippen molar-refractivity contribution in [3.05, 3.63) is 76.5 Å². The van der Waals surface area contributed by atoms with Gasteiger partial charge in [0.05, 0.1) is 25.9 Å². The third-order valence-electron chi connectivity index (χ3n) is 12.7. The molecule has 4 aliphatic rings. The zero-order chi connectivity index (χ0) is 53.4. The van der Waals surface area contributed by atoms with E-state index in [2.05, 4.69) is 0 Å². The summed E-state index contributed by atoms with van der Waals surface area (Å²) in [5.74, 6) is -5.15. The number of aromatic hydroxyl groups is 5. The number of ether oxygens (including phenoxy) is 9. The van der Waals surface area contributed by atoms with Crippen LogP contribution in [0.3, 0.4) is 0 Å². The van der Waals surface area contributed by atoms with Gasteiger partial charge in [-0.2, -0.15) is 0 Å². The molecule has 4 fully saturated rings. The van der Waals surface area contributed by atoms with E-state index in [1.807, 2.05) is 0 Å². The standard InChI is InChI=1S/C47H54O27/c1-16-39(71-28(55)9-4-17-2-6-19(49)7-3-17)42(72-44-36(62)30(56)24(54)14-65-44)38(64)45(67-16)66-15-27-32(58)35(61)43(74-46-37(63)34(60)31(57)26(13-48)69-46)47(70-27)73-41-33(59)29-23(53)11-20(50)12-25(29)68-40(41)18-5-8-21(51)22(52)10-18/h2-12,16,24,26-27,30-32,34-39,42-54,56-58,60-64H,13-15H2,1H3/b9-4-/t16-,24+,26+,27+,30-,31+,32+,34-,35-,36+,37+,38+,39-,42-,43+,44-,45+,46-,47-/m0/s1. The number of phenols is 5. The fourth-order valence-electron chi connectivity index (χ4n) is 8.57. The second-order valence-electron chi connectivity index (χ2n) is 17.8. The summed E-state index contributed by atoms with van der Waals surface area (Å²) in [6.45, 7) is -0.968. The van der Waals surface area contributed by atoms with Crippen LogP contribution >= 0.6 is 0 Å². The zero-order valence-electron chi connectivity index (χ0n) is 38.5. The van der Waals surface area contributed by atoms with Gasteiger partial charge in [0.2, 0.25) is 17.5 Å². The largest absolute Gasteiger partial charge is 0.508 e. The molecule has 4 aliphatic heterocycles. The summed E-state index contributed by atoms with van der Waals surface area (Å²) in [7, 11) is 0. The van der Waals surface area contributed by atoms with Gasteiger partial charge in [-0.3, -0.25) is 4.79 Å². The van der Waals surface area contributed by atoms with Crippen molar-refractivity contribution in [3.63, 3.8) is 0 Å². The van der Waals surface area contributed by atoms with E-state index in [4.69, 9.17) is 47.0 Å². The van der Waals surface area contributed by atoms with Crippen molar-refractivity contribution in [2.45, 2.75) is 124 Å². The first kappa shape index (κ1) is 54.5. The van der Waals surface area contributed by atoms with Crippen LogP contribution in [-0.4, -0.2) is 219 Å². The molecule has 0 amide bonds. The highest BCUT2D eigenvalue weighted by Crippen LogP contribution is 2.41. The number of esters is 1. The minimum atomic E-state index is -2.23. The highest BCUT2D eigenvalue weighted by molar-refractivity contribution is 5.88. The Morgan fingerprint density at radius 3 is 2.03 bits per heavy atom. The molecule has 0 bridgehead atoms. The highest BCUT2D eigenvalue weighted by atomic mass is 16.8. The van der Waals surface area contributed by atoms with E-state index in [9.17, 15) is 86.2 Å². The van der Waals surface area contributed by atoms with Gasteiger partial charge in [-0.05, 0) is 48.9 Å². The Bertz CT molecular complexity index is 2680. The maximum atomic E-state index is 14.4. The van der Waals surface area contributed by atoms with Crippen molar-refractivity contribution >= 4 is 23.0 Å². The second-order valence-corrected chi connectivity index (χ2v) is 17.8. The normalized spacial score (nSPS) is 35.7. The van der Waals surface area contributed by atoms with Crippen molar-refractivity contribution in [1.82, 2.24) is 0 Å². The third-order valence-corrected chi connectivity index (χ3v) is 12.7. The molecule has 74 heavy (non-hydrogen) atoms. The Balaban J connectivity index is 1.10. The van der Waals surface area contributed by atoms with Crippen LogP contribution in [0.4, 0.5) is 0 Å². The molecule has 4 aromatic rings. The number of carbonyl (C=O) groups excluding carboxylic acids is 1. The Labute approximate surface area is 416 Å². The number of phenolic OH excluding ortho intramolecular Hbond substituents is 5. The lowest BCUT2D eigenvalue weighted by Crippen LogP contribution is -2.66. The summed E-state index contributed by atoms with van der Waals surface area (Å²) in [4.78, 5) is 27.5. The predicted octanol–water partition coefficient (Wildman–Crippen LogP) is -3.43. The van der Waals surface area contributed by atoms with E-state index in [0.717, 1.165) is 36.4 Å². The van der Waals surface area contributed by atoms with Gasteiger partial charge in [-0.1, -0.05) is 12.1 Å². The number of hydrogen-bond donors (Lipinski definition) is 15. The first-order valence-electron chi connectivity index (χ1n) is 22.8. The van der Waals surface area contributed by atoms with E-state index in [0.29, 0.717) is 5.56 Å². The van der Waals surface area contributed by atoms with Crippen molar-refractivity contribution in [2.24, 2.45) is 0 Å². The van der Waals surface area contributed by atoms with Gasteiger partial charge in [-0.25, -0.2) is 4.79 Å². The summed E-state index contributed by atoms with van der Waals surface area (Å²) in [6.07, 6.45) is -33.0. The van der Waals surface area contributed by atoms with Crippen LogP contribution in [-0.2, 0) is 42.7 Å². The van der Waals surface area contributed by atoms with Crippen LogP contribution in [0.15, 0.2) is 69.9 Å². The molecule has 0 aliphatic carbocycles. The number of carbonyl (C=O) groups is 1. The van der Waals surface area contributed by atoms with Gasteiger partial charge in [0.15, 0.2) is 48.3 Å². The number of aliphatic hydroxyl groups is 10. The fourth-order valence-corrected chi connectivity index (χ4v) is 8.57. The van der Waals surface area contributed by atoms with Crippen LogP contribution in [0.1, 0.15) is 12.5 Å². The smallest absolute Gasteiger partial charge is 0.331 e. The first-order valence-corrected chi connectivity index (χ1v) is 22.8. The van der Waals surface area contributed by atoms with Gasteiger partial charge in [0.25, 0.3) is 0 Å². The molecule has 19 atom stereocenters. The molecule has 0 spiro atoms. The lowest BCUT2D eigenvalue weighted by atomic mass is 9.97. The fraction of sp³-hybridized carbons (Fsp3) is 0.489. The summed E-state index contributed by atoms with van der Waals surface area (Å²) < 4.78 is 58.1. The molecular formula is C47H54O27. The van der Waals surface area contributed by atoms with E-state index in [1.54, 1.807) is 0 Å². The number of fused-ring (bicyclic) bond motifs is 1. The predicted molar refractivity (Wildman–Crippen MR) is 240 cm³/mol. The van der Waals surface area contributed by atoms with Crippen LogP contribution in [0, 0.1) is 0 Å². The minimum Gasteiger partial charge on any atom is -0.508 e. The van der Waals surface area contributed by atoms with Gasteiger partial charge < -0.3 is 124 Å². The van der Waals surface area contributed by atoms with Crippen LogP contribution in [0.25, 0.3) is 28.4 Å². The van der Waals surface area contributed by atoms with Crippen LogP contribution < -0.4 is 10.2 Å². The molecule has 8 rings (SSSR count). The van der Waals surface area contributed by atoms with E-state index in [1.165, 1.54) is 37.3 Å². The number of rotatable bonds is 14. The van der Waals surface area contributed by atoms with Crippen molar-refractivity contribution < 1.29 is 128 Å². The van der Waals surface area contributed by atoms with Crippen molar-refractivity contribution in [2.75, 3.05) is 19.8 Å². The molecular weight excluding hydrogens is 996 g/mol. The van der Waals surface area contributed by atoms with E-state index >= 15 is 0 Å². The van der Waals surface area contributed by atoms with Crippen LogP contribution in [0.5, 0.6) is 34.5 Å². The molecule has 3 aromatic carbocycles. The number of hydrogen-bond acceptors (Lipinski definition) is 27. The SMILES string of the molecule is C[C@@H]1O[C@@H](OC[C@H]2O[C@@H](Oc3c(-c4ccc(O)c(O)c4)oc4cc(O)cc(O)c4c3=O)[C@H](O[C@@H]3O[C@H](CO)[C@@H](O)[C@H](O)[C@H]3O)[C@@H](O)[C@@H]2O)[C@H](O)[C@H](O[C@@H]2OC[C@@H](O)[C@H](O)[C@H]2O)[C@H]1OC(=O)/C=C\c1ccc(O)cc1. The highest BCUT2D eigenvalue weighted by Gasteiger charge is 2.54. The monoisotopic (exact) mass is 1050 g/mol. The summed E-state index contributed by atoms with van der Waals surface area (Å²) >= 11 is 0. The van der Waals surface area contributed by atoms with Gasteiger partial charge in [0.1, 0.15) is 101 Å². The molecule has 0 saturated carbocycles. The summed E-state index contributed by atoms with van der Waals surface area (Å²) in [5, 5.41) is 159. The quantitative estimate of drug-likeness (QED) is 0.0332. The zero-order valence-corrected chi connectivity index (χ0v) is 38.5. The molecule has 4 saturated heterocycles. The molecule has 15 N–H and O–H groups in total. The molecule has 1 aromatic heterocycles. The van der Waals surface area contributed by atoms with Crippen LogP contribution in [0.2, 0.25) is 0 Å². The lowest BCUT2D eigenvalue weighted by molar-refractivity contribution is -0.366. The van der Waals surface area contributed by atoms with Gasteiger partial charge >= 0.3 is 5.97 Å². The topological polar surface area (TPSA) is 434 Å². The third kappa shape index (κ3) is 11.2. The molecule has 5 heterocycles. The lowest BCUT2D eigenvalue weighted by Gasteiger charge is -2.47. The molecule has 27 heteroatoms. The Morgan fingerprint density at radius 2 is 1.32 bits per heavy atom. The maximum absolute atomic E-state index is 14.4. The molecule has 0 unspecified atom stereocenters. The van der Waals surface area contributed by atoms with E-state index in [-0.39, 0.29) is 11.3 Å². The molecule has 0 radical (unpaired) electrons. The average Bonchev–Trinajstić information content (AvgIpc) is 3.36. The molecule has 404 valence electrons.